The van der Waals surface area contributed by atoms with Gasteiger partial charge >= 0.3 is 18.0 Å². The Morgan fingerprint density at radius 1 is 1.17 bits per heavy atom. The highest BCUT2D eigenvalue weighted by Crippen LogP contribution is 2.50. The zero-order chi connectivity index (χ0) is 25.9. The number of hydrogen-bond donors (Lipinski definition) is 1. The van der Waals surface area contributed by atoms with Crippen LogP contribution in [0.15, 0.2) is 66.6 Å². The number of carbonyl (C=O) groups excluding carboxylic acids is 2. The van der Waals surface area contributed by atoms with Crippen molar-refractivity contribution < 1.29 is 29.0 Å². The second kappa shape index (κ2) is 10.1. The normalized spacial score (nSPS) is 21.8. The number of nitrogens with zero attached hydrogens (tertiary/aromatic N) is 3. The number of likely N-dealkylation sites (tertiary alicyclic amines) is 1. The third-order valence-electron chi connectivity index (χ3n) is 6.01. The number of carbonyl (C=O) groups is 3. The molecule has 3 atom stereocenters. The lowest BCUT2D eigenvalue weighted by atomic mass is 9.90. The lowest BCUT2D eigenvalue weighted by Crippen LogP contribution is -2.58. The van der Waals surface area contributed by atoms with E-state index in [-0.39, 0.29) is 19.6 Å². The summed E-state index contributed by atoms with van der Waals surface area (Å²) in [7, 11) is 0. The number of carboxylic acids is 1. The lowest BCUT2D eigenvalue weighted by Gasteiger charge is -2.39. The van der Waals surface area contributed by atoms with Crippen LogP contribution in [0.5, 0.6) is 0 Å². The first-order valence-electron chi connectivity index (χ1n) is 11.6. The number of ether oxygens (including phenoxy) is 2. The number of carboxylic acid groups (broad SMARTS) is 1. The number of rotatable bonds is 7. The van der Waals surface area contributed by atoms with Crippen LogP contribution in [0.1, 0.15) is 43.7 Å². The smallest absolute Gasteiger partial charge is 0.411 e. The molecule has 0 aliphatic carbocycles. The Bertz CT molecular complexity index is 1190. The fraction of sp³-hybridized carbons (Fsp3) is 0.385. The van der Waals surface area contributed by atoms with Crippen molar-refractivity contribution >= 4 is 29.4 Å². The maximum Gasteiger partial charge on any atom is 0.411 e. The number of benzene rings is 1. The molecular formula is C26H29N3O6S. The first-order valence-corrected chi connectivity index (χ1v) is 12.4. The van der Waals surface area contributed by atoms with Crippen LogP contribution in [0.25, 0.3) is 0 Å². The SMILES string of the molecule is CC(C)(C)OC(=O)[C@]1(Cn2ccnc2)C[C@H](C(=O)O)[C@@H](c2cccs2)N1C(=O)OCc1ccccc1. The first kappa shape index (κ1) is 25.4. The summed E-state index contributed by atoms with van der Waals surface area (Å²) in [5.41, 5.74) is -1.73. The largest absolute Gasteiger partial charge is 0.481 e. The summed E-state index contributed by atoms with van der Waals surface area (Å²) in [5.74, 6) is -2.85. The van der Waals surface area contributed by atoms with Crippen LogP contribution in [0.2, 0.25) is 0 Å². The van der Waals surface area contributed by atoms with Gasteiger partial charge in [0.1, 0.15) is 12.2 Å². The summed E-state index contributed by atoms with van der Waals surface area (Å²) in [4.78, 5) is 46.2. The van der Waals surface area contributed by atoms with Gasteiger partial charge in [0.05, 0.1) is 24.8 Å². The van der Waals surface area contributed by atoms with E-state index in [0.29, 0.717) is 4.88 Å². The molecule has 0 unspecified atom stereocenters. The number of esters is 1. The number of aromatic nitrogens is 2. The molecule has 190 valence electrons. The molecule has 10 heteroatoms. The Morgan fingerprint density at radius 2 is 1.92 bits per heavy atom. The van der Waals surface area contributed by atoms with Crippen LogP contribution in [0, 0.1) is 5.92 Å². The standard InChI is InChI=1S/C26H29N3O6S/c1-25(2,3)35-23(32)26(16-28-12-11-27-17-28)14-19(22(30)31)21(20-10-7-13-36-20)29(26)24(33)34-15-18-8-5-4-6-9-18/h4-13,17,19,21H,14-16H2,1-3H3,(H,30,31)/t19-,21-,26+/m0/s1. The molecule has 3 heterocycles. The molecule has 1 N–H and O–H groups in total. The Kier molecular flexibility index (Phi) is 7.16. The van der Waals surface area contributed by atoms with Crippen LogP contribution in [-0.2, 0) is 32.2 Å². The van der Waals surface area contributed by atoms with Crippen molar-refractivity contribution in [3.05, 3.63) is 77.0 Å². The van der Waals surface area contributed by atoms with Gasteiger partial charge in [-0.2, -0.15) is 0 Å². The molecule has 0 spiro atoms. The zero-order valence-corrected chi connectivity index (χ0v) is 21.2. The van der Waals surface area contributed by atoms with Crippen molar-refractivity contribution in [3.63, 3.8) is 0 Å². The highest BCUT2D eigenvalue weighted by Gasteiger charge is 2.63. The highest BCUT2D eigenvalue weighted by atomic mass is 32.1. The average Bonchev–Trinajstić information content (AvgIpc) is 3.58. The number of imidazole rings is 1. The minimum Gasteiger partial charge on any atom is -0.481 e. The van der Waals surface area contributed by atoms with Gasteiger partial charge in [0.15, 0.2) is 5.54 Å². The summed E-state index contributed by atoms with van der Waals surface area (Å²) in [6.45, 7) is 5.13. The molecule has 36 heavy (non-hydrogen) atoms. The van der Waals surface area contributed by atoms with E-state index < -0.39 is 41.1 Å². The topological polar surface area (TPSA) is 111 Å². The van der Waals surface area contributed by atoms with Crippen LogP contribution >= 0.6 is 11.3 Å². The molecule has 1 aromatic carbocycles. The van der Waals surface area contributed by atoms with E-state index >= 15 is 0 Å². The average molecular weight is 512 g/mol. The Labute approximate surface area is 213 Å². The van der Waals surface area contributed by atoms with E-state index in [1.807, 2.05) is 35.7 Å². The molecule has 3 aromatic rings. The Hall–Kier alpha value is -3.66. The van der Waals surface area contributed by atoms with Crippen molar-refractivity contribution in [1.29, 1.82) is 0 Å². The molecule has 0 radical (unpaired) electrons. The van der Waals surface area contributed by atoms with Crippen molar-refractivity contribution in [2.45, 2.75) is 57.5 Å². The molecular weight excluding hydrogens is 482 g/mol. The van der Waals surface area contributed by atoms with Gasteiger partial charge in [0.25, 0.3) is 0 Å². The van der Waals surface area contributed by atoms with Gasteiger partial charge in [-0.05, 0) is 44.2 Å². The van der Waals surface area contributed by atoms with E-state index in [2.05, 4.69) is 4.98 Å². The number of amides is 1. The Balaban J connectivity index is 1.82. The third kappa shape index (κ3) is 5.28. The van der Waals surface area contributed by atoms with Gasteiger partial charge in [-0.3, -0.25) is 9.69 Å². The molecule has 1 saturated heterocycles. The van der Waals surface area contributed by atoms with Gasteiger partial charge in [-0.1, -0.05) is 36.4 Å². The molecule has 9 nitrogen and oxygen atoms in total. The van der Waals surface area contributed by atoms with E-state index in [1.54, 1.807) is 49.9 Å². The third-order valence-corrected chi connectivity index (χ3v) is 6.96. The second-order valence-corrected chi connectivity index (χ2v) is 10.8. The van der Waals surface area contributed by atoms with Crippen molar-refractivity contribution in [3.8, 4) is 0 Å². The molecule has 2 aromatic heterocycles. The predicted molar refractivity (Wildman–Crippen MR) is 132 cm³/mol. The molecule has 1 amide bonds. The highest BCUT2D eigenvalue weighted by molar-refractivity contribution is 7.10. The minimum atomic E-state index is -1.64. The molecule has 1 aliphatic heterocycles. The van der Waals surface area contributed by atoms with Gasteiger partial charge in [-0.15, -0.1) is 11.3 Å². The van der Waals surface area contributed by atoms with Gasteiger partial charge in [0, 0.05) is 17.3 Å². The number of hydrogen-bond acceptors (Lipinski definition) is 7. The fourth-order valence-electron chi connectivity index (χ4n) is 4.55. The summed E-state index contributed by atoms with van der Waals surface area (Å²) in [5, 5.41) is 12.0. The van der Waals surface area contributed by atoms with Crippen molar-refractivity contribution in [2.24, 2.45) is 5.92 Å². The van der Waals surface area contributed by atoms with Crippen molar-refractivity contribution in [1.82, 2.24) is 14.5 Å². The maximum absolute atomic E-state index is 13.9. The van der Waals surface area contributed by atoms with Gasteiger partial charge in [0.2, 0.25) is 0 Å². The van der Waals surface area contributed by atoms with Gasteiger partial charge < -0.3 is 19.1 Å². The van der Waals surface area contributed by atoms with Gasteiger partial charge in [-0.25, -0.2) is 14.6 Å². The van der Waals surface area contributed by atoms with Crippen LogP contribution in [0.3, 0.4) is 0 Å². The monoisotopic (exact) mass is 511 g/mol. The molecule has 0 bridgehead atoms. The van der Waals surface area contributed by atoms with Crippen LogP contribution in [-0.4, -0.2) is 48.7 Å². The first-order chi connectivity index (χ1) is 17.1. The molecule has 1 fully saturated rings. The number of thiophene rings is 1. The van der Waals surface area contributed by atoms with E-state index in [1.165, 1.54) is 22.6 Å². The van der Waals surface area contributed by atoms with Crippen LogP contribution in [0.4, 0.5) is 4.79 Å². The fourth-order valence-corrected chi connectivity index (χ4v) is 5.43. The quantitative estimate of drug-likeness (QED) is 0.465. The summed E-state index contributed by atoms with van der Waals surface area (Å²) in [6, 6.07) is 11.8. The summed E-state index contributed by atoms with van der Waals surface area (Å²) < 4.78 is 13.1. The maximum atomic E-state index is 13.9. The summed E-state index contributed by atoms with van der Waals surface area (Å²) >= 11 is 1.33. The van der Waals surface area contributed by atoms with E-state index in [4.69, 9.17) is 9.47 Å². The van der Waals surface area contributed by atoms with E-state index in [9.17, 15) is 19.5 Å². The second-order valence-electron chi connectivity index (χ2n) is 9.79. The molecule has 0 saturated carbocycles. The van der Waals surface area contributed by atoms with Crippen molar-refractivity contribution in [2.75, 3.05) is 0 Å². The Morgan fingerprint density at radius 3 is 2.50 bits per heavy atom. The lowest BCUT2D eigenvalue weighted by molar-refractivity contribution is -0.169. The van der Waals surface area contributed by atoms with Crippen LogP contribution < -0.4 is 0 Å². The van der Waals surface area contributed by atoms with E-state index in [0.717, 1.165) is 5.56 Å². The zero-order valence-electron chi connectivity index (χ0n) is 20.4. The number of aliphatic carboxylic acids is 1. The minimum absolute atomic E-state index is 0.0272. The molecule has 4 rings (SSSR count). The molecule has 1 aliphatic rings. The summed E-state index contributed by atoms with van der Waals surface area (Å²) in [6.07, 6.45) is 3.81. The predicted octanol–water partition coefficient (Wildman–Crippen LogP) is 4.51.